The lowest BCUT2D eigenvalue weighted by Crippen LogP contribution is -2.19. The minimum absolute atomic E-state index is 0.00994. The van der Waals surface area contributed by atoms with Crippen LogP contribution in [0.4, 0.5) is 5.13 Å². The fourth-order valence-corrected chi connectivity index (χ4v) is 2.72. The molecule has 2 N–H and O–H groups in total. The van der Waals surface area contributed by atoms with Crippen LogP contribution in [-0.4, -0.2) is 28.2 Å². The molecule has 0 radical (unpaired) electrons. The van der Waals surface area contributed by atoms with Gasteiger partial charge in [-0.25, -0.2) is 5.43 Å². The third-order valence-corrected chi connectivity index (χ3v) is 4.12. The van der Waals surface area contributed by atoms with Crippen molar-refractivity contribution in [3.05, 3.63) is 64.0 Å². The first-order chi connectivity index (χ1) is 12.6. The maximum Gasteiger partial charge on any atom is 0.257 e. The predicted octanol–water partition coefficient (Wildman–Crippen LogP) is 2.73. The maximum atomic E-state index is 12.1. The molecule has 0 spiro atoms. The van der Waals surface area contributed by atoms with Crippen LogP contribution >= 0.6 is 22.9 Å². The molecule has 0 unspecified atom stereocenters. The van der Waals surface area contributed by atoms with E-state index in [0.29, 0.717) is 26.5 Å². The van der Waals surface area contributed by atoms with E-state index >= 15 is 0 Å². The van der Waals surface area contributed by atoms with Gasteiger partial charge in [-0.3, -0.25) is 14.9 Å². The Morgan fingerprint density at radius 2 is 2.04 bits per heavy atom. The van der Waals surface area contributed by atoms with Crippen molar-refractivity contribution in [1.29, 1.82) is 0 Å². The lowest BCUT2D eigenvalue weighted by atomic mass is 10.2. The van der Waals surface area contributed by atoms with Crippen LogP contribution < -0.4 is 10.7 Å². The van der Waals surface area contributed by atoms with E-state index in [4.69, 9.17) is 16.0 Å². The molecule has 0 atom stereocenters. The smallest absolute Gasteiger partial charge is 0.257 e. The summed E-state index contributed by atoms with van der Waals surface area (Å²) in [7, 11) is 0. The Labute approximate surface area is 156 Å². The molecule has 0 aliphatic rings. The molecule has 2 aromatic heterocycles. The Kier molecular flexibility index (Phi) is 5.72. The molecular formula is C16H12ClN5O3S. The van der Waals surface area contributed by atoms with Crippen LogP contribution in [0, 0.1) is 0 Å². The van der Waals surface area contributed by atoms with Gasteiger partial charge in [0.1, 0.15) is 10.8 Å². The second-order valence-electron chi connectivity index (χ2n) is 4.95. The maximum absolute atomic E-state index is 12.1. The molecular weight excluding hydrogens is 378 g/mol. The fraction of sp³-hybridized carbons (Fsp3) is 0.0625. The van der Waals surface area contributed by atoms with Gasteiger partial charge in [0, 0.05) is 10.6 Å². The summed E-state index contributed by atoms with van der Waals surface area (Å²) in [5.41, 5.74) is 2.80. The van der Waals surface area contributed by atoms with Crippen molar-refractivity contribution in [2.24, 2.45) is 5.10 Å². The molecule has 8 nitrogen and oxygen atoms in total. The van der Waals surface area contributed by atoms with Crippen LogP contribution in [0.1, 0.15) is 21.1 Å². The summed E-state index contributed by atoms with van der Waals surface area (Å²) in [6, 6.07) is 9.86. The fourth-order valence-electron chi connectivity index (χ4n) is 1.86. The number of nitrogens with one attached hydrogen (secondary N) is 2. The molecule has 2 amide bonds. The van der Waals surface area contributed by atoms with Gasteiger partial charge in [-0.15, -0.1) is 10.2 Å². The van der Waals surface area contributed by atoms with Crippen LogP contribution in [0.15, 0.2) is 52.2 Å². The molecule has 26 heavy (non-hydrogen) atoms. The van der Waals surface area contributed by atoms with E-state index in [9.17, 15) is 9.59 Å². The second kappa shape index (κ2) is 8.37. The lowest BCUT2D eigenvalue weighted by Gasteiger charge is -2.00. The number of carbonyl (C=O) groups is 2. The van der Waals surface area contributed by atoms with Crippen molar-refractivity contribution in [3.8, 4) is 0 Å². The average Bonchev–Trinajstić information content (AvgIpc) is 3.28. The highest BCUT2D eigenvalue weighted by molar-refractivity contribution is 7.15. The molecule has 3 aromatic rings. The summed E-state index contributed by atoms with van der Waals surface area (Å²) >= 11 is 6.90. The van der Waals surface area contributed by atoms with Crippen molar-refractivity contribution in [1.82, 2.24) is 15.6 Å². The van der Waals surface area contributed by atoms with Crippen molar-refractivity contribution in [3.63, 3.8) is 0 Å². The van der Waals surface area contributed by atoms with Gasteiger partial charge >= 0.3 is 0 Å². The molecule has 0 aliphatic carbocycles. The summed E-state index contributed by atoms with van der Waals surface area (Å²) in [6.07, 6.45) is 2.88. The molecule has 10 heteroatoms. The molecule has 0 saturated carbocycles. The Morgan fingerprint density at radius 1 is 1.23 bits per heavy atom. The highest BCUT2D eigenvalue weighted by Gasteiger charge is 2.12. The summed E-state index contributed by atoms with van der Waals surface area (Å²) in [6.45, 7) is 0. The predicted molar refractivity (Wildman–Crippen MR) is 97.5 cm³/mol. The Morgan fingerprint density at radius 3 is 2.77 bits per heavy atom. The van der Waals surface area contributed by atoms with E-state index in [1.807, 2.05) is 0 Å². The summed E-state index contributed by atoms with van der Waals surface area (Å²) in [4.78, 5) is 23.9. The quantitative estimate of drug-likeness (QED) is 0.497. The number of anilines is 1. The molecule has 0 saturated heterocycles. The monoisotopic (exact) mass is 389 g/mol. The van der Waals surface area contributed by atoms with Crippen LogP contribution in [0.25, 0.3) is 0 Å². The largest absolute Gasteiger partial charge is 0.463 e. The SMILES string of the molecule is O=C(Cc1nnc(NC(=O)c2ccc(Cl)cc2)s1)N/N=C\c1ccco1. The summed E-state index contributed by atoms with van der Waals surface area (Å²) in [5, 5.41) is 15.4. The minimum atomic E-state index is -0.362. The van der Waals surface area contributed by atoms with Gasteiger partial charge in [-0.05, 0) is 36.4 Å². The number of halogens is 1. The molecule has 2 heterocycles. The van der Waals surface area contributed by atoms with E-state index in [1.165, 1.54) is 12.5 Å². The number of rotatable bonds is 6. The van der Waals surface area contributed by atoms with Gasteiger partial charge in [0.25, 0.3) is 5.91 Å². The van der Waals surface area contributed by atoms with E-state index in [2.05, 4.69) is 26.0 Å². The zero-order valence-electron chi connectivity index (χ0n) is 13.2. The van der Waals surface area contributed by atoms with Gasteiger partial charge in [-0.2, -0.15) is 5.10 Å². The number of amides is 2. The lowest BCUT2D eigenvalue weighted by molar-refractivity contribution is -0.120. The molecule has 0 bridgehead atoms. The third-order valence-electron chi connectivity index (χ3n) is 3.03. The molecule has 0 fully saturated rings. The normalized spacial score (nSPS) is 10.8. The number of hydrazone groups is 1. The van der Waals surface area contributed by atoms with Crippen molar-refractivity contribution in [2.45, 2.75) is 6.42 Å². The highest BCUT2D eigenvalue weighted by Crippen LogP contribution is 2.17. The zero-order chi connectivity index (χ0) is 18.4. The zero-order valence-corrected chi connectivity index (χ0v) is 14.8. The van der Waals surface area contributed by atoms with Crippen molar-refractivity contribution < 1.29 is 14.0 Å². The van der Waals surface area contributed by atoms with Gasteiger partial charge in [0.15, 0.2) is 0 Å². The summed E-state index contributed by atoms with van der Waals surface area (Å²) in [5.74, 6) is -0.176. The number of furan rings is 1. The van der Waals surface area contributed by atoms with E-state index in [0.717, 1.165) is 11.3 Å². The number of benzene rings is 1. The Hall–Kier alpha value is -3.04. The van der Waals surface area contributed by atoms with E-state index in [1.54, 1.807) is 36.4 Å². The average molecular weight is 390 g/mol. The highest BCUT2D eigenvalue weighted by atomic mass is 35.5. The van der Waals surface area contributed by atoms with Crippen molar-refractivity contribution >= 4 is 46.1 Å². The van der Waals surface area contributed by atoms with Crippen LogP contribution in [0.3, 0.4) is 0 Å². The Balaban J connectivity index is 1.51. The van der Waals surface area contributed by atoms with Crippen LogP contribution in [-0.2, 0) is 11.2 Å². The number of aromatic nitrogens is 2. The minimum Gasteiger partial charge on any atom is -0.463 e. The molecule has 132 valence electrons. The van der Waals surface area contributed by atoms with Crippen LogP contribution in [0.2, 0.25) is 5.02 Å². The first kappa shape index (κ1) is 17.8. The first-order valence-corrected chi connectivity index (χ1v) is 8.54. The van der Waals surface area contributed by atoms with Crippen LogP contribution in [0.5, 0.6) is 0 Å². The first-order valence-electron chi connectivity index (χ1n) is 7.35. The number of hydrogen-bond donors (Lipinski definition) is 2. The molecule has 0 aliphatic heterocycles. The van der Waals surface area contributed by atoms with E-state index < -0.39 is 0 Å². The van der Waals surface area contributed by atoms with Gasteiger partial charge in [0.2, 0.25) is 11.0 Å². The van der Waals surface area contributed by atoms with E-state index in [-0.39, 0.29) is 18.2 Å². The standard InChI is InChI=1S/C16H12ClN5O3S/c17-11-5-3-10(4-6-11)15(24)19-16-22-21-14(26-16)8-13(23)20-18-9-12-2-1-7-25-12/h1-7,9H,8H2,(H,20,23)(H,19,22,24)/b18-9-. The molecule has 1 aromatic carbocycles. The molecule has 3 rings (SSSR count). The third kappa shape index (κ3) is 4.98. The second-order valence-corrected chi connectivity index (χ2v) is 6.45. The van der Waals surface area contributed by atoms with Gasteiger partial charge in [-0.1, -0.05) is 22.9 Å². The Bertz CT molecular complexity index is 922. The van der Waals surface area contributed by atoms with Crippen molar-refractivity contribution in [2.75, 3.05) is 5.32 Å². The number of carbonyl (C=O) groups excluding carboxylic acids is 2. The van der Waals surface area contributed by atoms with Gasteiger partial charge < -0.3 is 4.42 Å². The number of hydrogen-bond acceptors (Lipinski definition) is 7. The van der Waals surface area contributed by atoms with Gasteiger partial charge in [0.05, 0.1) is 18.9 Å². The topological polar surface area (TPSA) is 109 Å². The number of nitrogens with zero attached hydrogens (tertiary/aromatic N) is 3. The summed E-state index contributed by atoms with van der Waals surface area (Å²) < 4.78 is 5.05.